The number of carbonyl (C=O) groups is 1. The molecule has 4 heteroatoms. The van der Waals surface area contributed by atoms with E-state index in [1.807, 2.05) is 32.9 Å². The van der Waals surface area contributed by atoms with Crippen molar-refractivity contribution in [2.24, 2.45) is 11.1 Å². The van der Waals surface area contributed by atoms with E-state index in [1.54, 1.807) is 6.07 Å². The molecule has 0 fully saturated rings. The van der Waals surface area contributed by atoms with Crippen molar-refractivity contribution in [1.82, 2.24) is 0 Å². The topological polar surface area (TPSA) is 78.9 Å². The van der Waals surface area contributed by atoms with Crippen LogP contribution in [-0.4, -0.2) is 12.5 Å². The lowest BCUT2D eigenvalue weighted by Crippen LogP contribution is -2.39. The minimum absolute atomic E-state index is 0.144. The highest BCUT2D eigenvalue weighted by atomic mass is 16.2. The van der Waals surface area contributed by atoms with Gasteiger partial charge in [-0.3, -0.25) is 4.79 Å². The number of benzene rings is 1. The molecule has 1 aromatic rings. The molecule has 0 saturated carbocycles. The van der Waals surface area contributed by atoms with E-state index in [4.69, 9.17) is 11.0 Å². The SMILES string of the molecule is CCC(C)(CN)C(=O)Nc1cccc(C)c1C#N. The zero-order valence-corrected chi connectivity index (χ0v) is 11.1. The molecule has 1 amide bonds. The third kappa shape index (κ3) is 2.69. The van der Waals surface area contributed by atoms with Gasteiger partial charge in [0.1, 0.15) is 6.07 Å². The monoisotopic (exact) mass is 245 g/mol. The molecular weight excluding hydrogens is 226 g/mol. The van der Waals surface area contributed by atoms with Crippen molar-refractivity contribution in [3.8, 4) is 6.07 Å². The third-order valence-corrected chi connectivity index (χ3v) is 3.41. The van der Waals surface area contributed by atoms with Crippen LogP contribution in [0, 0.1) is 23.7 Å². The molecule has 1 aromatic carbocycles. The number of hydrogen-bond acceptors (Lipinski definition) is 3. The van der Waals surface area contributed by atoms with Gasteiger partial charge >= 0.3 is 0 Å². The predicted octanol–water partition coefficient (Wildman–Crippen LogP) is 2.18. The van der Waals surface area contributed by atoms with Crippen molar-refractivity contribution < 1.29 is 4.79 Å². The van der Waals surface area contributed by atoms with Gasteiger partial charge in [-0.05, 0) is 31.9 Å². The first kappa shape index (κ1) is 14.2. The van der Waals surface area contributed by atoms with Gasteiger partial charge in [0.05, 0.1) is 16.7 Å². The van der Waals surface area contributed by atoms with E-state index in [9.17, 15) is 4.79 Å². The Morgan fingerprint density at radius 2 is 2.22 bits per heavy atom. The van der Waals surface area contributed by atoms with Crippen LogP contribution in [0.5, 0.6) is 0 Å². The van der Waals surface area contributed by atoms with Gasteiger partial charge in [0.15, 0.2) is 0 Å². The first-order valence-electron chi connectivity index (χ1n) is 5.99. The quantitative estimate of drug-likeness (QED) is 0.853. The molecule has 0 saturated heterocycles. The van der Waals surface area contributed by atoms with Crippen LogP contribution in [0.4, 0.5) is 5.69 Å². The number of anilines is 1. The second kappa shape index (κ2) is 5.65. The van der Waals surface area contributed by atoms with Crippen LogP contribution in [0.1, 0.15) is 31.4 Å². The molecule has 0 aliphatic carbocycles. The van der Waals surface area contributed by atoms with Crippen LogP contribution >= 0.6 is 0 Å². The van der Waals surface area contributed by atoms with Crippen molar-refractivity contribution in [3.05, 3.63) is 29.3 Å². The number of nitrogens with one attached hydrogen (secondary N) is 1. The zero-order chi connectivity index (χ0) is 13.8. The van der Waals surface area contributed by atoms with E-state index in [-0.39, 0.29) is 12.5 Å². The van der Waals surface area contributed by atoms with E-state index in [0.717, 1.165) is 5.56 Å². The van der Waals surface area contributed by atoms with E-state index in [1.165, 1.54) is 0 Å². The Morgan fingerprint density at radius 1 is 1.56 bits per heavy atom. The Morgan fingerprint density at radius 3 is 2.72 bits per heavy atom. The Balaban J connectivity index is 3.03. The van der Waals surface area contributed by atoms with Crippen molar-refractivity contribution in [2.45, 2.75) is 27.2 Å². The Kier molecular flexibility index (Phi) is 4.46. The summed E-state index contributed by atoms with van der Waals surface area (Å²) in [5.74, 6) is -0.144. The van der Waals surface area contributed by atoms with E-state index in [0.29, 0.717) is 17.7 Å². The van der Waals surface area contributed by atoms with E-state index < -0.39 is 5.41 Å². The van der Waals surface area contributed by atoms with Crippen LogP contribution in [-0.2, 0) is 4.79 Å². The number of nitrogens with two attached hydrogens (primary N) is 1. The second-order valence-electron chi connectivity index (χ2n) is 4.68. The zero-order valence-electron chi connectivity index (χ0n) is 11.1. The van der Waals surface area contributed by atoms with Gasteiger partial charge in [0.2, 0.25) is 5.91 Å². The van der Waals surface area contributed by atoms with E-state index >= 15 is 0 Å². The Bertz CT molecular complexity index is 484. The van der Waals surface area contributed by atoms with Crippen molar-refractivity contribution >= 4 is 11.6 Å². The average Bonchev–Trinajstić information content (AvgIpc) is 2.38. The molecule has 0 heterocycles. The summed E-state index contributed by atoms with van der Waals surface area (Å²) < 4.78 is 0. The molecule has 4 nitrogen and oxygen atoms in total. The number of nitriles is 1. The first-order chi connectivity index (χ1) is 8.48. The number of rotatable bonds is 4. The number of carbonyl (C=O) groups excluding carboxylic acids is 1. The fourth-order valence-electron chi connectivity index (χ4n) is 1.59. The molecule has 96 valence electrons. The Labute approximate surface area is 108 Å². The molecule has 0 radical (unpaired) electrons. The van der Waals surface area contributed by atoms with Crippen LogP contribution in [0.25, 0.3) is 0 Å². The molecule has 1 atom stereocenters. The van der Waals surface area contributed by atoms with Gasteiger partial charge in [-0.1, -0.05) is 19.1 Å². The molecule has 3 N–H and O–H groups in total. The molecular formula is C14H19N3O. The molecule has 18 heavy (non-hydrogen) atoms. The summed E-state index contributed by atoms with van der Waals surface area (Å²) in [6, 6.07) is 7.50. The molecule has 0 aromatic heterocycles. The lowest BCUT2D eigenvalue weighted by atomic mass is 9.86. The highest BCUT2D eigenvalue weighted by molar-refractivity contribution is 5.96. The van der Waals surface area contributed by atoms with Gasteiger partial charge in [-0.25, -0.2) is 0 Å². The molecule has 0 bridgehead atoms. The lowest BCUT2D eigenvalue weighted by molar-refractivity contribution is -0.124. The number of nitrogens with zero attached hydrogens (tertiary/aromatic N) is 1. The summed E-state index contributed by atoms with van der Waals surface area (Å²) in [5.41, 5.74) is 6.95. The van der Waals surface area contributed by atoms with Crippen molar-refractivity contribution in [1.29, 1.82) is 5.26 Å². The molecule has 0 aliphatic rings. The van der Waals surface area contributed by atoms with Crippen LogP contribution < -0.4 is 11.1 Å². The van der Waals surface area contributed by atoms with Gasteiger partial charge in [-0.2, -0.15) is 5.26 Å². The normalized spacial score (nSPS) is 13.5. The maximum Gasteiger partial charge on any atom is 0.231 e. The predicted molar refractivity (Wildman–Crippen MR) is 72.0 cm³/mol. The number of aryl methyl sites for hydroxylation is 1. The third-order valence-electron chi connectivity index (χ3n) is 3.41. The van der Waals surface area contributed by atoms with Crippen LogP contribution in [0.2, 0.25) is 0 Å². The van der Waals surface area contributed by atoms with Crippen LogP contribution in [0.3, 0.4) is 0 Å². The molecule has 1 rings (SSSR count). The second-order valence-corrected chi connectivity index (χ2v) is 4.68. The summed E-state index contributed by atoms with van der Waals surface area (Å²) >= 11 is 0. The van der Waals surface area contributed by atoms with Crippen LogP contribution in [0.15, 0.2) is 18.2 Å². The summed E-state index contributed by atoms with van der Waals surface area (Å²) in [5, 5.41) is 11.9. The summed E-state index contributed by atoms with van der Waals surface area (Å²) in [4.78, 5) is 12.2. The average molecular weight is 245 g/mol. The molecule has 0 spiro atoms. The van der Waals surface area contributed by atoms with Gasteiger partial charge < -0.3 is 11.1 Å². The first-order valence-corrected chi connectivity index (χ1v) is 5.99. The standard InChI is InChI=1S/C14H19N3O/c1-4-14(3,9-16)13(18)17-12-7-5-6-10(2)11(12)8-15/h5-7H,4,9,16H2,1-3H3,(H,17,18). The lowest BCUT2D eigenvalue weighted by Gasteiger charge is -2.25. The maximum atomic E-state index is 12.2. The van der Waals surface area contributed by atoms with Crippen molar-refractivity contribution in [2.75, 3.05) is 11.9 Å². The van der Waals surface area contributed by atoms with Gasteiger partial charge in [0, 0.05) is 6.54 Å². The highest BCUT2D eigenvalue weighted by Gasteiger charge is 2.30. The number of amides is 1. The summed E-state index contributed by atoms with van der Waals surface area (Å²) in [6.45, 7) is 5.87. The minimum Gasteiger partial charge on any atom is -0.329 e. The maximum absolute atomic E-state index is 12.2. The van der Waals surface area contributed by atoms with Crippen molar-refractivity contribution in [3.63, 3.8) is 0 Å². The number of hydrogen-bond donors (Lipinski definition) is 2. The largest absolute Gasteiger partial charge is 0.329 e. The summed E-state index contributed by atoms with van der Waals surface area (Å²) in [6.07, 6.45) is 0.656. The fraction of sp³-hybridized carbons (Fsp3) is 0.429. The van der Waals surface area contributed by atoms with Gasteiger partial charge in [-0.15, -0.1) is 0 Å². The highest BCUT2D eigenvalue weighted by Crippen LogP contribution is 2.24. The molecule has 1 unspecified atom stereocenters. The van der Waals surface area contributed by atoms with E-state index in [2.05, 4.69) is 11.4 Å². The minimum atomic E-state index is -0.601. The fourth-order valence-corrected chi connectivity index (χ4v) is 1.59. The Hall–Kier alpha value is -1.86. The summed E-state index contributed by atoms with van der Waals surface area (Å²) in [7, 11) is 0. The molecule has 0 aliphatic heterocycles. The van der Waals surface area contributed by atoms with Gasteiger partial charge in [0.25, 0.3) is 0 Å². The smallest absolute Gasteiger partial charge is 0.231 e.